The van der Waals surface area contributed by atoms with Crippen molar-refractivity contribution in [1.29, 1.82) is 0 Å². The third-order valence-electron chi connectivity index (χ3n) is 3.95. The molecule has 2 N–H and O–H groups in total. The Balaban J connectivity index is 1.77. The molecule has 1 aliphatic rings. The Kier molecular flexibility index (Phi) is 4.36. The maximum absolute atomic E-state index is 13.5. The molecular formula is C15H23FN2. The molecule has 1 aliphatic carbocycles. The van der Waals surface area contributed by atoms with Gasteiger partial charge < -0.3 is 10.6 Å². The van der Waals surface area contributed by atoms with E-state index in [0.29, 0.717) is 5.56 Å². The van der Waals surface area contributed by atoms with E-state index in [1.807, 2.05) is 6.07 Å². The lowest BCUT2D eigenvalue weighted by molar-refractivity contribution is 0.300. The maximum Gasteiger partial charge on any atom is 0.127 e. The lowest BCUT2D eigenvalue weighted by Gasteiger charge is -2.19. The Hall–Kier alpha value is -0.930. The van der Waals surface area contributed by atoms with Gasteiger partial charge in [-0.25, -0.2) is 4.39 Å². The largest absolute Gasteiger partial charge is 0.324 e. The average Bonchev–Trinajstić information content (AvgIpc) is 3.02. The van der Waals surface area contributed by atoms with Gasteiger partial charge in [-0.1, -0.05) is 25.1 Å². The van der Waals surface area contributed by atoms with Crippen LogP contribution in [0, 0.1) is 17.7 Å². The number of benzene rings is 1. The van der Waals surface area contributed by atoms with E-state index in [0.717, 1.165) is 31.3 Å². The lowest BCUT2D eigenvalue weighted by atomic mass is 10.0. The Morgan fingerprint density at radius 2 is 2.11 bits per heavy atom. The Labute approximate surface area is 109 Å². The summed E-state index contributed by atoms with van der Waals surface area (Å²) in [6, 6.07) is 6.60. The van der Waals surface area contributed by atoms with Gasteiger partial charge in [0.15, 0.2) is 0 Å². The van der Waals surface area contributed by atoms with Crippen LogP contribution in [0.1, 0.15) is 31.4 Å². The predicted molar refractivity (Wildman–Crippen MR) is 72.7 cm³/mol. The van der Waals surface area contributed by atoms with Gasteiger partial charge in [0, 0.05) is 18.2 Å². The fourth-order valence-electron chi connectivity index (χ4n) is 2.44. The highest BCUT2D eigenvalue weighted by atomic mass is 19.1. The highest BCUT2D eigenvalue weighted by molar-refractivity contribution is 5.20. The molecular weight excluding hydrogens is 227 g/mol. The molecule has 0 bridgehead atoms. The molecule has 0 saturated heterocycles. The van der Waals surface area contributed by atoms with Crippen LogP contribution in [0.3, 0.4) is 0 Å². The molecule has 0 spiro atoms. The number of nitrogens with two attached hydrogens (primary N) is 1. The van der Waals surface area contributed by atoms with Gasteiger partial charge in [-0.05, 0) is 44.3 Å². The van der Waals surface area contributed by atoms with Gasteiger partial charge in [0.25, 0.3) is 0 Å². The summed E-state index contributed by atoms with van der Waals surface area (Å²) in [5.41, 5.74) is 6.68. The number of hydrogen-bond acceptors (Lipinski definition) is 2. The Morgan fingerprint density at radius 1 is 1.44 bits per heavy atom. The molecule has 18 heavy (non-hydrogen) atoms. The molecule has 2 nitrogen and oxygen atoms in total. The summed E-state index contributed by atoms with van der Waals surface area (Å²) in [6.45, 7) is 4.37. The van der Waals surface area contributed by atoms with Gasteiger partial charge >= 0.3 is 0 Å². The summed E-state index contributed by atoms with van der Waals surface area (Å²) in [7, 11) is 2.12. The second-order valence-corrected chi connectivity index (χ2v) is 5.65. The number of rotatable bonds is 6. The van der Waals surface area contributed by atoms with Crippen LogP contribution in [0.2, 0.25) is 0 Å². The van der Waals surface area contributed by atoms with Gasteiger partial charge in [-0.2, -0.15) is 0 Å². The van der Waals surface area contributed by atoms with E-state index in [-0.39, 0.29) is 11.9 Å². The SMILES string of the molecule is CC1CC1CN(C)CCC(N)c1ccccc1F. The van der Waals surface area contributed by atoms with E-state index in [2.05, 4.69) is 18.9 Å². The molecule has 3 heteroatoms. The monoisotopic (exact) mass is 250 g/mol. The Bertz CT molecular complexity index is 394. The molecule has 1 saturated carbocycles. The first-order valence-corrected chi connectivity index (χ1v) is 6.76. The zero-order chi connectivity index (χ0) is 13.1. The number of halogens is 1. The van der Waals surface area contributed by atoms with Crippen LogP contribution >= 0.6 is 0 Å². The zero-order valence-corrected chi connectivity index (χ0v) is 11.3. The van der Waals surface area contributed by atoms with Crippen molar-refractivity contribution in [2.24, 2.45) is 17.6 Å². The van der Waals surface area contributed by atoms with E-state index >= 15 is 0 Å². The molecule has 0 amide bonds. The van der Waals surface area contributed by atoms with Crippen molar-refractivity contribution in [3.63, 3.8) is 0 Å². The quantitative estimate of drug-likeness (QED) is 0.841. The Morgan fingerprint density at radius 3 is 2.72 bits per heavy atom. The molecule has 1 aromatic rings. The summed E-state index contributed by atoms with van der Waals surface area (Å²) >= 11 is 0. The lowest BCUT2D eigenvalue weighted by Crippen LogP contribution is -2.26. The number of hydrogen-bond donors (Lipinski definition) is 1. The standard InChI is InChI=1S/C15H23FN2/c1-11-9-12(11)10-18(2)8-7-15(17)13-5-3-4-6-14(13)16/h3-6,11-12,15H,7-10,17H2,1-2H3. The van der Waals surface area contributed by atoms with E-state index in [9.17, 15) is 4.39 Å². The minimum atomic E-state index is -0.203. The predicted octanol–water partition coefficient (Wildman–Crippen LogP) is 2.80. The minimum absolute atomic E-state index is 0.191. The van der Waals surface area contributed by atoms with Crippen molar-refractivity contribution in [3.8, 4) is 0 Å². The fourth-order valence-corrected chi connectivity index (χ4v) is 2.44. The molecule has 2 rings (SSSR count). The van der Waals surface area contributed by atoms with E-state index < -0.39 is 0 Å². The first-order chi connectivity index (χ1) is 8.58. The number of nitrogens with zero attached hydrogens (tertiary/aromatic N) is 1. The van der Waals surface area contributed by atoms with E-state index in [4.69, 9.17) is 5.73 Å². The minimum Gasteiger partial charge on any atom is -0.324 e. The second-order valence-electron chi connectivity index (χ2n) is 5.65. The van der Waals surface area contributed by atoms with Gasteiger partial charge in [0.05, 0.1) is 0 Å². The molecule has 0 aromatic heterocycles. The van der Waals surface area contributed by atoms with Gasteiger partial charge in [0.1, 0.15) is 5.82 Å². The van der Waals surface area contributed by atoms with Gasteiger partial charge in [-0.3, -0.25) is 0 Å². The highest BCUT2D eigenvalue weighted by Gasteiger charge is 2.32. The van der Waals surface area contributed by atoms with Crippen molar-refractivity contribution in [3.05, 3.63) is 35.6 Å². The van der Waals surface area contributed by atoms with Crippen LogP contribution < -0.4 is 5.73 Å². The smallest absolute Gasteiger partial charge is 0.127 e. The summed E-state index contributed by atoms with van der Waals surface area (Å²) in [4.78, 5) is 2.31. The van der Waals surface area contributed by atoms with Crippen LogP contribution in [-0.2, 0) is 0 Å². The molecule has 0 radical (unpaired) electrons. The first kappa shape index (κ1) is 13.5. The van der Waals surface area contributed by atoms with Crippen LogP contribution in [0.5, 0.6) is 0 Å². The van der Waals surface area contributed by atoms with Crippen molar-refractivity contribution in [1.82, 2.24) is 4.90 Å². The zero-order valence-electron chi connectivity index (χ0n) is 11.3. The third kappa shape index (κ3) is 3.53. The summed E-state index contributed by atoms with van der Waals surface area (Å²) in [5, 5.41) is 0. The summed E-state index contributed by atoms with van der Waals surface area (Å²) < 4.78 is 13.5. The molecule has 3 atom stereocenters. The van der Waals surface area contributed by atoms with E-state index in [1.165, 1.54) is 12.5 Å². The van der Waals surface area contributed by atoms with E-state index in [1.54, 1.807) is 12.1 Å². The van der Waals surface area contributed by atoms with Crippen molar-refractivity contribution < 1.29 is 4.39 Å². The normalized spacial score (nSPS) is 24.3. The highest BCUT2D eigenvalue weighted by Crippen LogP contribution is 2.38. The van der Waals surface area contributed by atoms with Crippen LogP contribution in [0.25, 0.3) is 0 Å². The topological polar surface area (TPSA) is 29.3 Å². The van der Waals surface area contributed by atoms with Crippen LogP contribution in [0.15, 0.2) is 24.3 Å². The molecule has 0 heterocycles. The maximum atomic E-state index is 13.5. The van der Waals surface area contributed by atoms with Crippen molar-refractivity contribution in [2.45, 2.75) is 25.8 Å². The molecule has 100 valence electrons. The molecule has 1 fully saturated rings. The third-order valence-corrected chi connectivity index (χ3v) is 3.95. The first-order valence-electron chi connectivity index (χ1n) is 6.76. The fraction of sp³-hybridized carbons (Fsp3) is 0.600. The summed E-state index contributed by atoms with van der Waals surface area (Å²) in [5.74, 6) is 1.55. The van der Waals surface area contributed by atoms with Crippen molar-refractivity contribution in [2.75, 3.05) is 20.1 Å². The van der Waals surface area contributed by atoms with Crippen LogP contribution in [0.4, 0.5) is 4.39 Å². The summed E-state index contributed by atoms with van der Waals surface area (Å²) in [6.07, 6.45) is 2.16. The molecule has 3 unspecified atom stereocenters. The second kappa shape index (κ2) is 5.81. The van der Waals surface area contributed by atoms with Crippen molar-refractivity contribution >= 4 is 0 Å². The molecule has 1 aromatic carbocycles. The van der Waals surface area contributed by atoms with Gasteiger partial charge in [-0.15, -0.1) is 0 Å². The average molecular weight is 250 g/mol. The van der Waals surface area contributed by atoms with Crippen LogP contribution in [-0.4, -0.2) is 25.0 Å². The van der Waals surface area contributed by atoms with Gasteiger partial charge in [0.2, 0.25) is 0 Å². The molecule has 0 aliphatic heterocycles.